The van der Waals surface area contributed by atoms with Crippen molar-refractivity contribution in [2.24, 2.45) is 10.2 Å². The van der Waals surface area contributed by atoms with Gasteiger partial charge < -0.3 is 0 Å². The first-order chi connectivity index (χ1) is 11.8. The van der Waals surface area contributed by atoms with Crippen LogP contribution in [0.2, 0.25) is 0 Å². The molecule has 25 heavy (non-hydrogen) atoms. The molecule has 0 radical (unpaired) electrons. The van der Waals surface area contributed by atoms with Gasteiger partial charge in [0.2, 0.25) is 0 Å². The number of rotatable bonds is 4. The maximum Gasteiger partial charge on any atom is 0.299 e. The van der Waals surface area contributed by atoms with E-state index in [1.807, 2.05) is 0 Å². The Balaban J connectivity index is 1.97. The molecular formula is C13H12N6O4S2. The summed E-state index contributed by atoms with van der Waals surface area (Å²) in [4.78, 5) is 12.2. The van der Waals surface area contributed by atoms with Gasteiger partial charge in [0.25, 0.3) is 20.8 Å². The van der Waals surface area contributed by atoms with Crippen molar-refractivity contribution in [1.82, 2.24) is 20.0 Å². The molecule has 130 valence electrons. The van der Waals surface area contributed by atoms with Gasteiger partial charge in [0.15, 0.2) is 5.69 Å². The third kappa shape index (κ3) is 3.55. The number of aryl methyl sites for hydroxylation is 2. The van der Waals surface area contributed by atoms with Crippen LogP contribution >= 0.6 is 11.3 Å². The van der Waals surface area contributed by atoms with Crippen molar-refractivity contribution in [3.8, 4) is 5.69 Å². The average molecular weight is 380 g/mol. The fraction of sp³-hybridized carbons (Fsp3) is 0.154. The van der Waals surface area contributed by atoms with Crippen molar-refractivity contribution in [2.75, 3.05) is 0 Å². The molecule has 2 heterocycles. The summed E-state index contributed by atoms with van der Waals surface area (Å²) in [5, 5.41) is 19.3. The Labute approximate surface area is 145 Å². The van der Waals surface area contributed by atoms with Crippen LogP contribution in [0.3, 0.4) is 0 Å². The van der Waals surface area contributed by atoms with Crippen molar-refractivity contribution >= 4 is 32.3 Å². The van der Waals surface area contributed by atoms with E-state index in [2.05, 4.69) is 25.5 Å². The minimum Gasteiger partial charge on any atom is -0.293 e. The Bertz CT molecular complexity index is 1110. The van der Waals surface area contributed by atoms with Gasteiger partial charge in [-0.05, 0) is 38.1 Å². The lowest BCUT2D eigenvalue weighted by atomic mass is 10.3. The molecule has 0 fully saturated rings. The highest BCUT2D eigenvalue weighted by molar-refractivity contribution is 7.85. The van der Waals surface area contributed by atoms with Crippen LogP contribution in [-0.4, -0.2) is 32.9 Å². The second-order valence-electron chi connectivity index (χ2n) is 5.00. The molecule has 0 aliphatic heterocycles. The van der Waals surface area contributed by atoms with Gasteiger partial charge in [-0.3, -0.25) is 14.4 Å². The molecule has 0 aliphatic rings. The molecule has 0 amide bonds. The maximum absolute atomic E-state index is 12.5. The van der Waals surface area contributed by atoms with E-state index in [-0.39, 0.29) is 10.6 Å². The first-order valence-corrected chi connectivity index (χ1v) is 9.13. The van der Waals surface area contributed by atoms with Gasteiger partial charge in [-0.1, -0.05) is 11.3 Å². The normalized spacial score (nSPS) is 12.1. The minimum atomic E-state index is -4.29. The standard InChI is InChI=1S/C13H12N6O4S2/c1-7-11(15-17-13-16-14-8(2)24-13)12(20)19(18-7)9-3-5-10(6-4-9)25(21,22)23/h3-6,18H,1-2H3,(H,21,22,23). The zero-order valence-corrected chi connectivity index (χ0v) is 14.7. The number of hydrogen-bond acceptors (Lipinski definition) is 8. The second kappa shape index (κ2) is 6.31. The zero-order valence-electron chi connectivity index (χ0n) is 13.0. The Morgan fingerprint density at radius 1 is 1.16 bits per heavy atom. The van der Waals surface area contributed by atoms with E-state index in [1.54, 1.807) is 13.8 Å². The summed E-state index contributed by atoms with van der Waals surface area (Å²) in [6.07, 6.45) is 0. The Morgan fingerprint density at radius 2 is 1.84 bits per heavy atom. The SMILES string of the molecule is Cc1nnc(N=Nc2c(C)[nH]n(-c3ccc(S(=O)(=O)O)cc3)c2=O)s1. The van der Waals surface area contributed by atoms with E-state index < -0.39 is 15.7 Å². The van der Waals surface area contributed by atoms with Crippen LogP contribution in [0.1, 0.15) is 10.7 Å². The molecule has 0 saturated carbocycles. The third-order valence-corrected chi connectivity index (χ3v) is 4.77. The monoisotopic (exact) mass is 380 g/mol. The molecule has 0 atom stereocenters. The van der Waals surface area contributed by atoms with Crippen molar-refractivity contribution in [3.05, 3.63) is 45.3 Å². The molecular weight excluding hydrogens is 368 g/mol. The quantitative estimate of drug-likeness (QED) is 0.525. The van der Waals surface area contributed by atoms with Crippen LogP contribution < -0.4 is 5.56 Å². The van der Waals surface area contributed by atoms with E-state index in [0.29, 0.717) is 16.5 Å². The Morgan fingerprint density at radius 3 is 2.40 bits per heavy atom. The Hall–Kier alpha value is -2.70. The highest BCUT2D eigenvalue weighted by Gasteiger charge is 2.14. The molecule has 2 N–H and O–H groups in total. The summed E-state index contributed by atoms with van der Waals surface area (Å²) >= 11 is 1.24. The van der Waals surface area contributed by atoms with Gasteiger partial charge in [-0.15, -0.1) is 20.4 Å². The number of aromatic amines is 1. The van der Waals surface area contributed by atoms with Gasteiger partial charge in [0.05, 0.1) is 16.3 Å². The fourth-order valence-corrected chi connectivity index (χ4v) is 3.01. The summed E-state index contributed by atoms with van der Waals surface area (Å²) in [6.45, 7) is 3.44. The highest BCUT2D eigenvalue weighted by Crippen LogP contribution is 2.22. The summed E-state index contributed by atoms with van der Waals surface area (Å²) < 4.78 is 32.3. The topological polar surface area (TPSA) is 143 Å². The number of nitrogens with zero attached hydrogens (tertiary/aromatic N) is 5. The number of aromatic nitrogens is 4. The van der Waals surface area contributed by atoms with Crippen molar-refractivity contribution in [2.45, 2.75) is 18.7 Å². The molecule has 0 aliphatic carbocycles. The number of hydrogen-bond donors (Lipinski definition) is 2. The van der Waals surface area contributed by atoms with Crippen LogP contribution in [0.4, 0.5) is 10.8 Å². The molecule has 0 saturated heterocycles. The molecule has 0 spiro atoms. The van der Waals surface area contributed by atoms with Crippen LogP contribution in [0.25, 0.3) is 5.69 Å². The van der Waals surface area contributed by atoms with E-state index in [0.717, 1.165) is 5.01 Å². The van der Waals surface area contributed by atoms with Crippen molar-refractivity contribution in [1.29, 1.82) is 0 Å². The van der Waals surface area contributed by atoms with Crippen molar-refractivity contribution < 1.29 is 13.0 Å². The fourth-order valence-electron chi connectivity index (χ4n) is 2.02. The number of azo groups is 1. The predicted molar refractivity (Wildman–Crippen MR) is 89.8 cm³/mol. The molecule has 3 aromatic rings. The molecule has 10 nitrogen and oxygen atoms in total. The lowest BCUT2D eigenvalue weighted by Crippen LogP contribution is -2.14. The molecule has 3 rings (SSSR count). The summed E-state index contributed by atoms with van der Waals surface area (Å²) in [5.74, 6) is 0. The highest BCUT2D eigenvalue weighted by atomic mass is 32.2. The van der Waals surface area contributed by atoms with Crippen LogP contribution in [-0.2, 0) is 10.1 Å². The molecule has 12 heteroatoms. The molecule has 0 bridgehead atoms. The zero-order chi connectivity index (χ0) is 18.2. The third-order valence-electron chi connectivity index (χ3n) is 3.18. The Kier molecular flexibility index (Phi) is 4.32. The first-order valence-electron chi connectivity index (χ1n) is 6.87. The van der Waals surface area contributed by atoms with E-state index >= 15 is 0 Å². The summed E-state index contributed by atoms with van der Waals surface area (Å²) in [5.41, 5.74) is 0.511. The number of benzene rings is 1. The smallest absolute Gasteiger partial charge is 0.293 e. The molecule has 1 aromatic carbocycles. The van der Waals surface area contributed by atoms with Crippen LogP contribution in [0.15, 0.2) is 44.2 Å². The van der Waals surface area contributed by atoms with Crippen LogP contribution in [0.5, 0.6) is 0 Å². The van der Waals surface area contributed by atoms with Crippen LogP contribution in [0, 0.1) is 13.8 Å². The van der Waals surface area contributed by atoms with E-state index in [1.165, 1.54) is 40.3 Å². The lowest BCUT2D eigenvalue weighted by molar-refractivity contribution is 0.483. The summed E-state index contributed by atoms with van der Waals surface area (Å²) in [7, 11) is -4.29. The van der Waals surface area contributed by atoms with Gasteiger partial charge in [-0.25, -0.2) is 4.68 Å². The molecule has 0 unspecified atom stereocenters. The lowest BCUT2D eigenvalue weighted by Gasteiger charge is -2.02. The van der Waals surface area contributed by atoms with Gasteiger partial charge in [0.1, 0.15) is 5.01 Å². The second-order valence-corrected chi connectivity index (χ2v) is 7.58. The van der Waals surface area contributed by atoms with E-state index in [9.17, 15) is 13.2 Å². The van der Waals surface area contributed by atoms with Gasteiger partial charge in [-0.2, -0.15) is 8.42 Å². The van der Waals surface area contributed by atoms with Crippen molar-refractivity contribution in [3.63, 3.8) is 0 Å². The average Bonchev–Trinajstić information content (AvgIpc) is 3.08. The maximum atomic E-state index is 12.5. The van der Waals surface area contributed by atoms with Gasteiger partial charge >= 0.3 is 0 Å². The molecule has 2 aromatic heterocycles. The minimum absolute atomic E-state index is 0.103. The largest absolute Gasteiger partial charge is 0.299 e. The number of H-pyrrole nitrogens is 1. The first kappa shape index (κ1) is 17.1. The number of nitrogens with one attached hydrogen (secondary N) is 1. The van der Waals surface area contributed by atoms with E-state index in [4.69, 9.17) is 4.55 Å². The predicted octanol–water partition coefficient (Wildman–Crippen LogP) is 2.30. The van der Waals surface area contributed by atoms with Gasteiger partial charge in [0, 0.05) is 0 Å². The summed E-state index contributed by atoms with van der Waals surface area (Å²) in [6, 6.07) is 5.15.